The summed E-state index contributed by atoms with van der Waals surface area (Å²) in [5.41, 5.74) is 19.0. The van der Waals surface area contributed by atoms with E-state index in [0.717, 1.165) is 159 Å². The van der Waals surface area contributed by atoms with Gasteiger partial charge in [0.1, 0.15) is 22.3 Å². The number of hydrogen-bond acceptors (Lipinski definition) is 11. The lowest BCUT2D eigenvalue weighted by molar-refractivity contribution is 0.668. The van der Waals surface area contributed by atoms with Crippen LogP contribution in [0, 0.1) is 0 Å². The zero-order valence-corrected chi connectivity index (χ0v) is 69.6. The Morgan fingerprint density at radius 3 is 1.05 bits per heavy atom. The van der Waals surface area contributed by atoms with Crippen LogP contribution in [0.3, 0.4) is 0 Å². The zero-order chi connectivity index (χ0) is 82.6. The molecule has 586 valence electrons. The van der Waals surface area contributed by atoms with Crippen molar-refractivity contribution < 1.29 is 8.83 Å². The van der Waals surface area contributed by atoms with E-state index in [1.54, 1.807) is 34.0 Å². The molecule has 9 heterocycles. The van der Waals surface area contributed by atoms with Crippen LogP contribution in [0.1, 0.15) is 0 Å². The van der Waals surface area contributed by atoms with Gasteiger partial charge in [0.15, 0.2) is 17.5 Å². The van der Waals surface area contributed by atoms with Gasteiger partial charge in [-0.2, -0.15) is 0 Å². The first-order chi connectivity index (χ1) is 62.4. The molecule has 0 aliphatic carbocycles. The summed E-state index contributed by atoms with van der Waals surface area (Å²) in [4.78, 5) is 31.4. The van der Waals surface area contributed by atoms with Crippen molar-refractivity contribution in [3.05, 3.63) is 394 Å². The topological polar surface area (TPSA) is 109 Å². The van der Waals surface area contributed by atoms with Crippen LogP contribution in [0.5, 0.6) is 0 Å². The molecule has 0 amide bonds. The minimum atomic E-state index is 0.722. The molecule has 0 aliphatic rings. The minimum Gasteiger partial charge on any atom is -0.456 e. The Balaban J connectivity index is 0.000000101. The third kappa shape index (κ3) is 11.7. The lowest BCUT2D eigenvalue weighted by Gasteiger charge is -2.12. The van der Waals surface area contributed by atoms with Crippen LogP contribution in [0.15, 0.2) is 403 Å². The summed E-state index contributed by atoms with van der Waals surface area (Å²) in [6, 6.07) is 139. The number of rotatable bonds is 7. The average molecular weight is 1660 g/mol. The van der Waals surface area contributed by atoms with Crippen LogP contribution in [-0.2, 0) is 0 Å². The first kappa shape index (κ1) is 71.7. The molecule has 9 nitrogen and oxygen atoms in total. The summed E-state index contributed by atoms with van der Waals surface area (Å²) < 4.78 is 21.8. The Labute approximate surface area is 730 Å². The first-order valence-electron chi connectivity index (χ1n) is 42.2. The van der Waals surface area contributed by atoms with E-state index < -0.39 is 0 Å². The number of para-hydroxylation sites is 4. The predicted octanol–water partition coefficient (Wildman–Crippen LogP) is 32.4. The molecule has 0 radical (unpaired) electrons. The second kappa shape index (κ2) is 28.9. The zero-order valence-electron chi connectivity index (χ0n) is 67.2. The van der Waals surface area contributed by atoms with Crippen molar-refractivity contribution in [1.29, 1.82) is 0 Å². The van der Waals surface area contributed by atoms with E-state index in [1.807, 2.05) is 24.3 Å². The van der Waals surface area contributed by atoms with E-state index in [0.29, 0.717) is 0 Å². The molecule has 19 aromatic carbocycles. The first-order valence-corrected chi connectivity index (χ1v) is 44.6. The highest BCUT2D eigenvalue weighted by Crippen LogP contribution is 2.47. The fourth-order valence-electron chi connectivity index (χ4n) is 19.0. The number of furan rings is 2. The molecule has 0 N–H and O–H groups in total. The van der Waals surface area contributed by atoms with Crippen LogP contribution in [0.25, 0.3) is 265 Å². The molecular weight excluding hydrogens is 1600 g/mol. The maximum Gasteiger partial charge on any atom is 0.160 e. The Hall–Kier alpha value is -16.0. The van der Waals surface area contributed by atoms with E-state index in [-0.39, 0.29) is 0 Å². The smallest absolute Gasteiger partial charge is 0.160 e. The normalized spacial score (nSPS) is 12.0. The quantitative estimate of drug-likeness (QED) is 0.145. The van der Waals surface area contributed by atoms with Crippen LogP contribution >= 0.6 is 34.0 Å². The van der Waals surface area contributed by atoms with Crippen molar-refractivity contribution >= 4 is 225 Å². The van der Waals surface area contributed by atoms with Crippen molar-refractivity contribution in [1.82, 2.24) is 34.5 Å². The van der Waals surface area contributed by atoms with Crippen molar-refractivity contribution in [3.8, 4) is 73.6 Å². The standard InChI is InChI=1S/C40H22N2OS.C38H23N3S.C36H20N2OS/c1-2-11-27-25(9-1)26-10-3-4-12-28(26)33-21-24(18-19-29(27)33)40-41-37(39-38(42-40)32-14-6-8-16-36(32)44-39)23-17-20-31-30-13-5-7-15-34(30)43-35(31)22-23;1-2-11-25-22-26(21-20-24(25)10-1)35-37-36(31-16-5-8-19-34(31)42-37)40-38(39-35)27-12-9-13-28(23-27)41-32-17-6-3-14-29(32)30-15-4-7-18-33(30)41;1-2-8-25-21(7-1)13-14-22-19-24(16-17-26(22)25)36-37-33(35-34(38-36)29-10-4-6-12-32(29)40-35)23-15-18-28-27-9-3-5-11-30(27)39-31(28)20-23/h1-22H;1-23H;1-20H. The van der Waals surface area contributed by atoms with Gasteiger partial charge in [-0.15, -0.1) is 34.0 Å². The van der Waals surface area contributed by atoms with Gasteiger partial charge in [0.25, 0.3) is 0 Å². The number of nitrogens with zero attached hydrogens (tertiary/aromatic N) is 7. The fraction of sp³-hybridized carbons (Fsp3) is 0. The predicted molar refractivity (Wildman–Crippen MR) is 531 cm³/mol. The summed E-state index contributed by atoms with van der Waals surface area (Å²) in [5, 5.41) is 25.3. The maximum atomic E-state index is 6.28. The van der Waals surface area contributed by atoms with Gasteiger partial charge >= 0.3 is 0 Å². The summed E-state index contributed by atoms with van der Waals surface area (Å²) in [6.07, 6.45) is 0. The lowest BCUT2D eigenvalue weighted by atomic mass is 9.93. The van der Waals surface area contributed by atoms with Gasteiger partial charge < -0.3 is 13.4 Å². The molecule has 28 aromatic rings. The minimum absolute atomic E-state index is 0.722. The van der Waals surface area contributed by atoms with E-state index >= 15 is 0 Å². The van der Waals surface area contributed by atoms with Gasteiger partial charge in [-0.1, -0.05) is 297 Å². The van der Waals surface area contributed by atoms with Crippen LogP contribution < -0.4 is 0 Å². The van der Waals surface area contributed by atoms with Crippen molar-refractivity contribution in [2.75, 3.05) is 0 Å². The number of thiophene rings is 3. The largest absolute Gasteiger partial charge is 0.456 e. The molecular formula is C114H65N7O2S3. The fourth-order valence-corrected chi connectivity index (χ4v) is 22.5. The number of fused-ring (bicyclic) bond motifs is 28. The molecule has 0 bridgehead atoms. The molecule has 126 heavy (non-hydrogen) atoms. The highest BCUT2D eigenvalue weighted by molar-refractivity contribution is 7.27. The van der Waals surface area contributed by atoms with Crippen LogP contribution in [0.4, 0.5) is 0 Å². The molecule has 0 spiro atoms. The van der Waals surface area contributed by atoms with Gasteiger partial charge in [-0.05, 0) is 162 Å². The van der Waals surface area contributed by atoms with Gasteiger partial charge in [0.2, 0.25) is 0 Å². The van der Waals surface area contributed by atoms with Gasteiger partial charge in [-0.25, -0.2) is 29.9 Å². The van der Waals surface area contributed by atoms with E-state index in [9.17, 15) is 0 Å². The van der Waals surface area contributed by atoms with Crippen LogP contribution in [-0.4, -0.2) is 34.5 Å². The molecule has 0 atom stereocenters. The molecule has 0 saturated heterocycles. The molecule has 28 rings (SSSR count). The lowest BCUT2D eigenvalue weighted by Crippen LogP contribution is -1.97. The second-order valence-electron chi connectivity index (χ2n) is 32.2. The van der Waals surface area contributed by atoms with Gasteiger partial charge in [0, 0.05) is 102 Å². The van der Waals surface area contributed by atoms with Crippen molar-refractivity contribution in [3.63, 3.8) is 0 Å². The number of aromatic nitrogens is 7. The van der Waals surface area contributed by atoms with E-state index in [2.05, 4.69) is 375 Å². The van der Waals surface area contributed by atoms with Crippen molar-refractivity contribution in [2.45, 2.75) is 0 Å². The van der Waals surface area contributed by atoms with E-state index in [1.165, 1.54) is 106 Å². The molecule has 0 fully saturated rings. The third-order valence-corrected chi connectivity index (χ3v) is 28.4. The molecule has 0 aliphatic heterocycles. The Morgan fingerprint density at radius 2 is 0.524 bits per heavy atom. The number of hydrogen-bond donors (Lipinski definition) is 0. The third-order valence-electron chi connectivity index (χ3n) is 24.9. The van der Waals surface area contributed by atoms with Crippen LogP contribution in [0.2, 0.25) is 0 Å². The van der Waals surface area contributed by atoms with Crippen molar-refractivity contribution in [2.24, 2.45) is 0 Å². The highest BCUT2D eigenvalue weighted by Gasteiger charge is 2.24. The second-order valence-corrected chi connectivity index (χ2v) is 35.3. The summed E-state index contributed by atoms with van der Waals surface area (Å²) in [7, 11) is 0. The summed E-state index contributed by atoms with van der Waals surface area (Å²) in [6.45, 7) is 0. The highest BCUT2D eigenvalue weighted by atomic mass is 32.1. The monoisotopic (exact) mass is 1660 g/mol. The molecule has 0 unspecified atom stereocenters. The summed E-state index contributed by atoms with van der Waals surface area (Å²) >= 11 is 5.26. The van der Waals surface area contributed by atoms with Gasteiger partial charge in [-0.3, -0.25) is 0 Å². The molecule has 12 heteroatoms. The van der Waals surface area contributed by atoms with E-state index in [4.69, 9.17) is 38.7 Å². The van der Waals surface area contributed by atoms with Gasteiger partial charge in [0.05, 0.1) is 58.8 Å². The summed E-state index contributed by atoms with van der Waals surface area (Å²) in [5.74, 6) is 2.18. The molecule has 9 aromatic heterocycles. The average Bonchev–Trinajstić information content (AvgIpc) is 1.37. The molecule has 0 saturated carbocycles. The maximum absolute atomic E-state index is 6.28. The number of benzene rings is 19. The Bertz CT molecular complexity index is 9350. The SMILES string of the molecule is c1cc(-c2nc(-c3ccc4ccccc4c3)c3sc4ccccc4c3n2)cc(-n2c3ccccc3c3ccccc32)c1.c1ccc2c(c1)ccc1cc(-c3nc(-c4ccc5c(c4)oc4ccccc45)c4sc5ccccc5c4n3)ccc12.c1ccc2c(c1)oc1cc(-c3nc(-c4ccc5c6ccccc6c6ccccc6c5c4)nc4c3sc3ccccc34)ccc12. The Kier molecular flexibility index (Phi) is 16.4. The Morgan fingerprint density at radius 1 is 0.190 bits per heavy atom.